The van der Waals surface area contributed by atoms with Crippen LogP contribution in [0.25, 0.3) is 0 Å². The Morgan fingerprint density at radius 3 is 2.71 bits per heavy atom. The number of hydrogen-bond donors (Lipinski definition) is 2. The van der Waals surface area contributed by atoms with Crippen LogP contribution >= 0.6 is 0 Å². The summed E-state index contributed by atoms with van der Waals surface area (Å²) in [4.78, 5) is 12.6. The third kappa shape index (κ3) is 4.93. The van der Waals surface area contributed by atoms with Crippen molar-refractivity contribution in [2.45, 2.75) is 57.5 Å². The van der Waals surface area contributed by atoms with Gasteiger partial charge in [0.2, 0.25) is 0 Å². The highest BCUT2D eigenvalue weighted by Gasteiger charge is 2.27. The van der Waals surface area contributed by atoms with E-state index in [1.165, 1.54) is 30.2 Å². The van der Waals surface area contributed by atoms with Crippen LogP contribution in [0.3, 0.4) is 0 Å². The summed E-state index contributed by atoms with van der Waals surface area (Å²) in [6, 6.07) is 7.91. The fourth-order valence-corrected chi connectivity index (χ4v) is 5.59. The van der Waals surface area contributed by atoms with Crippen LogP contribution in [-0.2, 0) is 27.5 Å². The van der Waals surface area contributed by atoms with Gasteiger partial charge in [0.25, 0.3) is 5.91 Å². The van der Waals surface area contributed by atoms with Gasteiger partial charge in [-0.1, -0.05) is 25.1 Å². The van der Waals surface area contributed by atoms with E-state index in [9.17, 15) is 18.5 Å². The van der Waals surface area contributed by atoms with Gasteiger partial charge < -0.3 is 10.6 Å². The third-order valence-electron chi connectivity index (χ3n) is 5.55. The fourth-order valence-electron chi connectivity index (χ4n) is 3.90. The van der Waals surface area contributed by atoms with Crippen LogP contribution in [0.5, 0.6) is 0 Å². The molecule has 0 aromatic heterocycles. The lowest BCUT2D eigenvalue weighted by Crippen LogP contribution is -2.31. The highest BCUT2D eigenvalue weighted by atomic mass is 32.2. The predicted molar refractivity (Wildman–Crippen MR) is 108 cm³/mol. The summed E-state index contributed by atoms with van der Waals surface area (Å²) in [6.07, 6.45) is 7.17. The highest BCUT2D eigenvalue weighted by Crippen LogP contribution is 2.26. The van der Waals surface area contributed by atoms with Gasteiger partial charge in [0.15, 0.2) is 9.84 Å². The maximum Gasteiger partial charge on any atom is 0.263 e. The summed E-state index contributed by atoms with van der Waals surface area (Å²) in [6.45, 7) is 2.00. The van der Waals surface area contributed by atoms with Crippen molar-refractivity contribution in [2.24, 2.45) is 0 Å². The molecule has 1 aliphatic carbocycles. The zero-order valence-corrected chi connectivity index (χ0v) is 17.0. The summed E-state index contributed by atoms with van der Waals surface area (Å²) in [7, 11) is -3.01. The molecule has 2 aliphatic rings. The van der Waals surface area contributed by atoms with E-state index in [1.807, 2.05) is 13.0 Å². The second-order valence-corrected chi connectivity index (χ2v) is 9.83. The molecule has 0 radical (unpaired) electrons. The van der Waals surface area contributed by atoms with Gasteiger partial charge in [0.05, 0.1) is 17.5 Å². The molecule has 2 unspecified atom stereocenters. The molecule has 1 aliphatic heterocycles. The number of sulfone groups is 1. The van der Waals surface area contributed by atoms with E-state index in [2.05, 4.69) is 28.8 Å². The predicted octanol–water partition coefficient (Wildman–Crippen LogP) is 2.32. The quantitative estimate of drug-likeness (QED) is 0.563. The molecule has 7 heteroatoms. The highest BCUT2D eigenvalue weighted by molar-refractivity contribution is 7.91. The number of carbonyl (C=O) groups excluding carboxylic acids is 1. The minimum absolute atomic E-state index is 0.0382. The van der Waals surface area contributed by atoms with Crippen molar-refractivity contribution in [1.82, 2.24) is 10.6 Å². The number of nitriles is 1. The Kier molecular flexibility index (Phi) is 6.40. The minimum atomic E-state index is -3.01. The molecule has 3 rings (SSSR count). The van der Waals surface area contributed by atoms with Gasteiger partial charge in [0.1, 0.15) is 11.6 Å². The molecule has 1 heterocycles. The van der Waals surface area contributed by atoms with Crippen LogP contribution in [0.15, 0.2) is 30.0 Å². The number of amides is 1. The van der Waals surface area contributed by atoms with E-state index in [4.69, 9.17) is 0 Å². The standard InChI is InChI=1S/C21H27N3O3S/c1-2-20(17-8-7-15-5-3-4-6-16(15)11-17)24-21(25)18(12-22)13-23-19-9-10-28(26,27)14-19/h7-8,11,13,19-20,23H,2-6,9-10,14H2,1H3,(H,24,25)/b18-13-. The number of rotatable bonds is 6. The number of benzene rings is 1. The van der Waals surface area contributed by atoms with Gasteiger partial charge in [-0.2, -0.15) is 5.26 Å². The van der Waals surface area contributed by atoms with Crippen LogP contribution in [-0.4, -0.2) is 31.9 Å². The summed E-state index contributed by atoms with van der Waals surface area (Å²) in [5, 5.41) is 15.2. The van der Waals surface area contributed by atoms with E-state index in [0.717, 1.165) is 24.8 Å². The first-order valence-corrected chi connectivity index (χ1v) is 11.7. The van der Waals surface area contributed by atoms with Crippen molar-refractivity contribution in [2.75, 3.05) is 11.5 Å². The molecule has 0 bridgehead atoms. The van der Waals surface area contributed by atoms with Gasteiger partial charge in [-0.3, -0.25) is 4.79 Å². The molecule has 150 valence electrons. The van der Waals surface area contributed by atoms with Gasteiger partial charge >= 0.3 is 0 Å². The smallest absolute Gasteiger partial charge is 0.263 e. The van der Waals surface area contributed by atoms with Gasteiger partial charge in [0, 0.05) is 12.2 Å². The largest absolute Gasteiger partial charge is 0.386 e. The molecule has 6 nitrogen and oxygen atoms in total. The lowest BCUT2D eigenvalue weighted by Gasteiger charge is -2.21. The fraction of sp³-hybridized carbons (Fsp3) is 0.524. The van der Waals surface area contributed by atoms with Crippen molar-refractivity contribution < 1.29 is 13.2 Å². The second-order valence-electron chi connectivity index (χ2n) is 7.61. The Balaban J connectivity index is 1.67. The van der Waals surface area contributed by atoms with Crippen LogP contribution in [0, 0.1) is 11.3 Å². The molecule has 1 aromatic carbocycles. The first-order chi connectivity index (χ1) is 13.4. The Morgan fingerprint density at radius 1 is 1.32 bits per heavy atom. The minimum Gasteiger partial charge on any atom is -0.386 e. The Hall–Kier alpha value is -2.33. The van der Waals surface area contributed by atoms with Crippen LogP contribution in [0.1, 0.15) is 55.3 Å². The monoisotopic (exact) mass is 401 g/mol. The number of hydrogen-bond acceptors (Lipinski definition) is 5. The average Bonchev–Trinajstić information content (AvgIpc) is 3.05. The molecular formula is C21H27N3O3S. The zero-order valence-electron chi connectivity index (χ0n) is 16.2. The first kappa shape index (κ1) is 20.4. The number of nitrogens with one attached hydrogen (secondary N) is 2. The number of aryl methyl sites for hydroxylation is 2. The number of nitrogens with zero attached hydrogens (tertiary/aromatic N) is 1. The third-order valence-corrected chi connectivity index (χ3v) is 7.32. The lowest BCUT2D eigenvalue weighted by atomic mass is 9.88. The summed E-state index contributed by atoms with van der Waals surface area (Å²) < 4.78 is 23.1. The number of carbonyl (C=O) groups is 1. The van der Waals surface area contributed by atoms with E-state index in [-0.39, 0.29) is 29.2 Å². The summed E-state index contributed by atoms with van der Waals surface area (Å²) in [5.41, 5.74) is 3.77. The topological polar surface area (TPSA) is 99.1 Å². The molecule has 0 saturated carbocycles. The van der Waals surface area contributed by atoms with Crippen molar-refractivity contribution in [1.29, 1.82) is 5.26 Å². The van der Waals surface area contributed by atoms with Gasteiger partial charge in [-0.05, 0) is 55.2 Å². The molecule has 1 amide bonds. The first-order valence-electron chi connectivity index (χ1n) is 9.91. The summed E-state index contributed by atoms with van der Waals surface area (Å²) in [5.74, 6) is -0.264. The van der Waals surface area contributed by atoms with Gasteiger partial charge in [-0.15, -0.1) is 0 Å². The molecule has 1 aromatic rings. The van der Waals surface area contributed by atoms with Crippen LogP contribution < -0.4 is 10.6 Å². The molecule has 28 heavy (non-hydrogen) atoms. The molecule has 2 atom stereocenters. The normalized spacial score (nSPS) is 22.0. The Morgan fingerprint density at radius 2 is 2.07 bits per heavy atom. The SMILES string of the molecule is CCC(NC(=O)/C(C#N)=C\NC1CCS(=O)(=O)C1)c1ccc2c(c1)CCCC2. The average molecular weight is 402 g/mol. The van der Waals surface area contributed by atoms with Crippen molar-refractivity contribution in [3.63, 3.8) is 0 Å². The second kappa shape index (κ2) is 8.78. The summed E-state index contributed by atoms with van der Waals surface area (Å²) >= 11 is 0. The van der Waals surface area contributed by atoms with Crippen molar-refractivity contribution >= 4 is 15.7 Å². The van der Waals surface area contributed by atoms with Crippen molar-refractivity contribution in [3.8, 4) is 6.07 Å². The number of fused-ring (bicyclic) bond motifs is 1. The molecule has 1 saturated heterocycles. The Bertz CT molecular complexity index is 915. The molecule has 0 spiro atoms. The Labute approximate surface area is 166 Å². The lowest BCUT2D eigenvalue weighted by molar-refractivity contribution is -0.117. The van der Waals surface area contributed by atoms with Gasteiger partial charge in [-0.25, -0.2) is 8.42 Å². The van der Waals surface area contributed by atoms with Crippen LogP contribution in [0.4, 0.5) is 0 Å². The van der Waals surface area contributed by atoms with E-state index in [0.29, 0.717) is 6.42 Å². The van der Waals surface area contributed by atoms with Crippen LogP contribution in [0.2, 0.25) is 0 Å². The zero-order chi connectivity index (χ0) is 20.1. The van der Waals surface area contributed by atoms with E-state index < -0.39 is 15.7 Å². The maximum absolute atomic E-state index is 12.6. The maximum atomic E-state index is 12.6. The van der Waals surface area contributed by atoms with E-state index in [1.54, 1.807) is 0 Å². The molecular weight excluding hydrogens is 374 g/mol. The van der Waals surface area contributed by atoms with E-state index >= 15 is 0 Å². The molecule has 1 fully saturated rings. The van der Waals surface area contributed by atoms with Crippen molar-refractivity contribution in [3.05, 3.63) is 46.7 Å². The molecule has 2 N–H and O–H groups in total.